The second-order valence-electron chi connectivity index (χ2n) is 10.9. The predicted octanol–water partition coefficient (Wildman–Crippen LogP) is 10.5. The van der Waals surface area contributed by atoms with Crippen molar-refractivity contribution in [2.45, 2.75) is 13.8 Å². The van der Waals surface area contributed by atoms with E-state index in [9.17, 15) is 9.59 Å². The molecule has 0 saturated heterocycles. The van der Waals surface area contributed by atoms with Crippen LogP contribution < -0.4 is 4.90 Å². The summed E-state index contributed by atoms with van der Waals surface area (Å²) in [5.41, 5.74) is 10.6. The lowest BCUT2D eigenvalue weighted by Gasteiger charge is -2.26. The normalized spacial score (nSPS) is 10.7. The Balaban J connectivity index is 1.31. The maximum Gasteiger partial charge on any atom is 0.338 e. The first-order chi connectivity index (χ1) is 23.0. The predicted molar refractivity (Wildman–Crippen MR) is 189 cm³/mol. The van der Waals surface area contributed by atoms with Crippen LogP contribution in [0.4, 0.5) is 17.1 Å². The topological polar surface area (TPSA) is 55.8 Å². The van der Waals surface area contributed by atoms with Crippen LogP contribution in [0, 0.1) is 0 Å². The maximum absolute atomic E-state index is 12.1. The maximum atomic E-state index is 12.1. The van der Waals surface area contributed by atoms with Gasteiger partial charge in [0, 0.05) is 17.1 Å². The Morgan fingerprint density at radius 1 is 0.404 bits per heavy atom. The largest absolute Gasteiger partial charge is 0.462 e. The van der Waals surface area contributed by atoms with Crippen molar-refractivity contribution < 1.29 is 19.1 Å². The zero-order valence-corrected chi connectivity index (χ0v) is 26.4. The van der Waals surface area contributed by atoms with E-state index in [1.54, 1.807) is 38.1 Å². The molecule has 0 aliphatic rings. The number of carbonyl (C=O) groups excluding carboxylic acids is 2. The number of anilines is 3. The lowest BCUT2D eigenvalue weighted by molar-refractivity contribution is 0.0517. The smallest absolute Gasteiger partial charge is 0.338 e. The van der Waals surface area contributed by atoms with Crippen LogP contribution in [0.3, 0.4) is 0 Å². The van der Waals surface area contributed by atoms with Crippen molar-refractivity contribution in [3.05, 3.63) is 163 Å². The van der Waals surface area contributed by atoms with E-state index < -0.39 is 0 Å². The average Bonchev–Trinajstić information content (AvgIpc) is 3.13. The van der Waals surface area contributed by atoms with Crippen molar-refractivity contribution in [1.82, 2.24) is 0 Å². The molecule has 0 aliphatic heterocycles. The Kier molecular flexibility index (Phi) is 9.54. The number of hydrogen-bond donors (Lipinski definition) is 0. The van der Waals surface area contributed by atoms with Crippen LogP contribution in [0.2, 0.25) is 0 Å². The first-order valence-electron chi connectivity index (χ1n) is 15.7. The van der Waals surface area contributed by atoms with Crippen LogP contribution in [0.1, 0.15) is 34.6 Å². The molecule has 5 nitrogen and oxygen atoms in total. The highest BCUT2D eigenvalue weighted by Crippen LogP contribution is 2.37. The molecule has 0 radical (unpaired) electrons. The summed E-state index contributed by atoms with van der Waals surface area (Å²) in [6.07, 6.45) is 0. The molecule has 6 aromatic carbocycles. The Bertz CT molecular complexity index is 1830. The van der Waals surface area contributed by atoms with Gasteiger partial charge in [0.1, 0.15) is 0 Å². The Hall–Kier alpha value is -5.94. The highest BCUT2D eigenvalue weighted by Gasteiger charge is 2.15. The molecule has 47 heavy (non-hydrogen) atoms. The van der Waals surface area contributed by atoms with Crippen LogP contribution in [-0.4, -0.2) is 25.2 Å². The van der Waals surface area contributed by atoms with Crippen molar-refractivity contribution in [3.8, 4) is 33.4 Å². The highest BCUT2D eigenvalue weighted by molar-refractivity contribution is 5.91. The molecule has 6 rings (SSSR count). The number of ether oxygens (including phenoxy) is 2. The third-order valence-corrected chi connectivity index (χ3v) is 7.94. The first kappa shape index (κ1) is 31.1. The SMILES string of the molecule is CCOC(=O)c1ccc(-c2ccc(N(c3ccc(-c4ccccc4)cc3)c3ccc(-c4ccc(C(=O)OCC)cc4)cc3)cc2)cc1. The molecule has 0 bridgehead atoms. The summed E-state index contributed by atoms with van der Waals surface area (Å²) >= 11 is 0. The molecule has 0 fully saturated rings. The van der Waals surface area contributed by atoms with Crippen LogP contribution in [0.25, 0.3) is 33.4 Å². The van der Waals surface area contributed by atoms with Gasteiger partial charge in [-0.05, 0) is 108 Å². The second-order valence-corrected chi connectivity index (χ2v) is 10.9. The summed E-state index contributed by atoms with van der Waals surface area (Å²) in [6, 6.07) is 50.8. The molecule has 0 heterocycles. The van der Waals surface area contributed by atoms with Crippen molar-refractivity contribution in [1.29, 1.82) is 0 Å². The zero-order chi connectivity index (χ0) is 32.6. The number of rotatable bonds is 10. The fourth-order valence-corrected chi connectivity index (χ4v) is 5.51. The van der Waals surface area contributed by atoms with Gasteiger partial charge in [-0.2, -0.15) is 0 Å². The van der Waals surface area contributed by atoms with Crippen LogP contribution in [0.5, 0.6) is 0 Å². The van der Waals surface area contributed by atoms with Gasteiger partial charge < -0.3 is 14.4 Å². The summed E-state index contributed by atoms with van der Waals surface area (Å²) < 4.78 is 10.2. The first-order valence-corrected chi connectivity index (χ1v) is 15.7. The third kappa shape index (κ3) is 7.15. The summed E-state index contributed by atoms with van der Waals surface area (Å²) in [5, 5.41) is 0. The average molecular weight is 618 g/mol. The second kappa shape index (κ2) is 14.4. The molecule has 6 aromatic rings. The Labute approximate surface area is 275 Å². The number of esters is 2. The number of nitrogens with zero attached hydrogens (tertiary/aromatic N) is 1. The van der Waals surface area contributed by atoms with E-state index in [-0.39, 0.29) is 11.9 Å². The van der Waals surface area contributed by atoms with Gasteiger partial charge >= 0.3 is 11.9 Å². The van der Waals surface area contributed by atoms with Gasteiger partial charge in [-0.1, -0.05) is 91.0 Å². The lowest BCUT2D eigenvalue weighted by Crippen LogP contribution is -2.09. The van der Waals surface area contributed by atoms with Crippen LogP contribution in [0.15, 0.2) is 152 Å². The zero-order valence-electron chi connectivity index (χ0n) is 26.4. The van der Waals surface area contributed by atoms with Gasteiger partial charge in [0.05, 0.1) is 24.3 Å². The minimum Gasteiger partial charge on any atom is -0.462 e. The number of carbonyl (C=O) groups is 2. The quantitative estimate of drug-likeness (QED) is 0.143. The fourth-order valence-electron chi connectivity index (χ4n) is 5.51. The molecule has 5 heteroatoms. The lowest BCUT2D eigenvalue weighted by atomic mass is 10.0. The standard InChI is InChI=1S/C42H35NO4/c1-3-46-41(44)36-14-10-31(11-15-36)34-20-26-39(27-21-34)43(38-24-18-33(19-25-38)30-8-6-5-7-9-30)40-28-22-35(23-29-40)32-12-16-37(17-13-32)42(45)47-4-2/h5-29H,3-4H2,1-2H3. The van der Waals surface area contributed by atoms with Crippen LogP contribution in [-0.2, 0) is 9.47 Å². The van der Waals surface area contributed by atoms with E-state index in [0.717, 1.165) is 44.9 Å². The van der Waals surface area contributed by atoms with Crippen molar-refractivity contribution in [2.75, 3.05) is 18.1 Å². The van der Waals surface area contributed by atoms with Gasteiger partial charge in [-0.15, -0.1) is 0 Å². The monoisotopic (exact) mass is 617 g/mol. The fraction of sp³-hybridized carbons (Fsp3) is 0.0952. The molecule has 0 spiro atoms. The minimum absolute atomic E-state index is 0.317. The molecule has 0 aliphatic carbocycles. The van der Waals surface area contributed by atoms with Gasteiger partial charge in [0.15, 0.2) is 0 Å². The van der Waals surface area contributed by atoms with E-state index in [1.807, 2.05) is 42.5 Å². The van der Waals surface area contributed by atoms with Crippen molar-refractivity contribution >= 4 is 29.0 Å². The van der Waals surface area contributed by atoms with Gasteiger partial charge in [-0.25, -0.2) is 9.59 Å². The van der Waals surface area contributed by atoms with E-state index in [4.69, 9.17) is 9.47 Å². The minimum atomic E-state index is -0.317. The van der Waals surface area contributed by atoms with Crippen molar-refractivity contribution in [2.24, 2.45) is 0 Å². The third-order valence-electron chi connectivity index (χ3n) is 7.94. The summed E-state index contributed by atoms with van der Waals surface area (Å²) in [4.78, 5) is 26.4. The van der Waals surface area contributed by atoms with Crippen molar-refractivity contribution in [3.63, 3.8) is 0 Å². The van der Waals surface area contributed by atoms with Gasteiger partial charge in [0.25, 0.3) is 0 Å². The van der Waals surface area contributed by atoms with E-state index >= 15 is 0 Å². The van der Waals surface area contributed by atoms with Crippen LogP contribution >= 0.6 is 0 Å². The van der Waals surface area contributed by atoms with Gasteiger partial charge in [-0.3, -0.25) is 0 Å². The summed E-state index contributed by atoms with van der Waals surface area (Å²) in [6.45, 7) is 4.30. The Morgan fingerprint density at radius 2 is 0.681 bits per heavy atom. The molecular weight excluding hydrogens is 582 g/mol. The number of hydrogen-bond acceptors (Lipinski definition) is 5. The van der Waals surface area contributed by atoms with E-state index in [2.05, 4.69) is 89.8 Å². The summed E-state index contributed by atoms with van der Waals surface area (Å²) in [5.74, 6) is -0.633. The molecule has 0 atom stereocenters. The van der Waals surface area contributed by atoms with E-state index in [1.165, 1.54) is 5.56 Å². The molecule has 0 aromatic heterocycles. The molecule has 0 N–H and O–H groups in total. The highest BCUT2D eigenvalue weighted by atomic mass is 16.5. The van der Waals surface area contributed by atoms with E-state index in [0.29, 0.717) is 24.3 Å². The molecule has 232 valence electrons. The molecular formula is C42H35NO4. The summed E-state index contributed by atoms with van der Waals surface area (Å²) in [7, 11) is 0. The molecule has 0 amide bonds. The van der Waals surface area contributed by atoms with Gasteiger partial charge in [0.2, 0.25) is 0 Å². The molecule has 0 saturated carbocycles. The Morgan fingerprint density at radius 3 is 0.979 bits per heavy atom. The number of benzene rings is 6. The molecule has 0 unspecified atom stereocenters.